The Hall–Kier alpha value is -3.55. The number of anilines is 1. The lowest BCUT2D eigenvalue weighted by Crippen LogP contribution is -2.33. The van der Waals surface area contributed by atoms with E-state index in [4.69, 9.17) is 4.52 Å². The van der Waals surface area contributed by atoms with Gasteiger partial charge in [0.2, 0.25) is 5.89 Å². The summed E-state index contributed by atoms with van der Waals surface area (Å²) in [6, 6.07) is 13.5. The van der Waals surface area contributed by atoms with Gasteiger partial charge >= 0.3 is 0 Å². The van der Waals surface area contributed by atoms with Crippen LogP contribution in [0, 0.1) is 10.1 Å². The molecule has 1 saturated heterocycles. The molecule has 0 unspecified atom stereocenters. The Morgan fingerprint density at radius 3 is 2.42 bits per heavy atom. The first kappa shape index (κ1) is 19.4. The molecule has 2 aliphatic rings. The maximum atomic E-state index is 12.7. The maximum Gasteiger partial charge on any atom is 0.293 e. The van der Waals surface area contributed by atoms with Gasteiger partial charge in [0, 0.05) is 42.1 Å². The van der Waals surface area contributed by atoms with Crippen molar-refractivity contribution in [1.29, 1.82) is 0 Å². The molecule has 2 fully saturated rings. The van der Waals surface area contributed by atoms with Crippen LogP contribution in [0.3, 0.4) is 0 Å². The van der Waals surface area contributed by atoms with E-state index in [2.05, 4.69) is 10.1 Å². The molecule has 8 heteroatoms. The molecular weight excluding hydrogens is 396 g/mol. The molecule has 1 aliphatic carbocycles. The van der Waals surface area contributed by atoms with E-state index in [9.17, 15) is 14.9 Å². The Balaban J connectivity index is 1.32. The first-order valence-corrected chi connectivity index (χ1v) is 10.6. The molecular formula is C23H22N4O4. The van der Waals surface area contributed by atoms with Crippen molar-refractivity contribution in [2.45, 2.75) is 37.5 Å². The standard InChI is InChI=1S/C23H22N4O4/c28-21(15-4-2-1-3-5-15)18-8-9-19(20(14-18)27(29)30)26-12-10-16(11-13-26)22-24-23(31-25-22)17-6-7-17/h1-5,8-9,14,16-17H,6-7,10-13H2. The smallest absolute Gasteiger partial charge is 0.293 e. The highest BCUT2D eigenvalue weighted by molar-refractivity contribution is 6.09. The number of rotatable bonds is 6. The van der Waals surface area contributed by atoms with Gasteiger partial charge in [-0.2, -0.15) is 4.98 Å². The van der Waals surface area contributed by atoms with Crippen LogP contribution in [0.5, 0.6) is 0 Å². The van der Waals surface area contributed by atoms with E-state index >= 15 is 0 Å². The Bertz CT molecular complexity index is 1120. The number of ketones is 1. The van der Waals surface area contributed by atoms with Gasteiger partial charge in [0.1, 0.15) is 5.69 Å². The van der Waals surface area contributed by atoms with Crippen LogP contribution in [-0.2, 0) is 0 Å². The number of nitro groups is 1. The highest BCUT2D eigenvalue weighted by Gasteiger charge is 2.32. The van der Waals surface area contributed by atoms with Crippen LogP contribution in [-0.4, -0.2) is 33.9 Å². The molecule has 0 N–H and O–H groups in total. The minimum absolute atomic E-state index is 0.0455. The lowest BCUT2D eigenvalue weighted by molar-refractivity contribution is -0.384. The zero-order chi connectivity index (χ0) is 21.4. The largest absolute Gasteiger partial charge is 0.366 e. The van der Waals surface area contributed by atoms with E-state index < -0.39 is 4.92 Å². The molecule has 1 saturated carbocycles. The normalized spacial score (nSPS) is 17.0. The number of carbonyl (C=O) groups is 1. The van der Waals surface area contributed by atoms with Crippen molar-refractivity contribution >= 4 is 17.2 Å². The van der Waals surface area contributed by atoms with Crippen molar-refractivity contribution in [3.63, 3.8) is 0 Å². The molecule has 3 aromatic rings. The van der Waals surface area contributed by atoms with Gasteiger partial charge in [0.15, 0.2) is 11.6 Å². The van der Waals surface area contributed by atoms with Gasteiger partial charge < -0.3 is 9.42 Å². The van der Waals surface area contributed by atoms with Gasteiger partial charge in [0.25, 0.3) is 5.69 Å². The van der Waals surface area contributed by atoms with E-state index in [1.165, 1.54) is 6.07 Å². The predicted molar refractivity (Wildman–Crippen MR) is 113 cm³/mol. The minimum Gasteiger partial charge on any atom is -0.366 e. The van der Waals surface area contributed by atoms with E-state index in [0.29, 0.717) is 35.8 Å². The van der Waals surface area contributed by atoms with Crippen LogP contribution in [0.2, 0.25) is 0 Å². The van der Waals surface area contributed by atoms with Crippen LogP contribution in [0.1, 0.15) is 65.2 Å². The summed E-state index contributed by atoms with van der Waals surface area (Å²) in [7, 11) is 0. The average molecular weight is 418 g/mol. The lowest BCUT2D eigenvalue weighted by Gasteiger charge is -2.32. The van der Waals surface area contributed by atoms with Crippen molar-refractivity contribution in [3.8, 4) is 0 Å². The second-order valence-electron chi connectivity index (χ2n) is 8.18. The number of hydrogen-bond acceptors (Lipinski definition) is 7. The first-order chi connectivity index (χ1) is 15.1. The fourth-order valence-electron chi connectivity index (χ4n) is 4.12. The fourth-order valence-corrected chi connectivity index (χ4v) is 4.12. The number of benzene rings is 2. The third kappa shape index (κ3) is 3.93. The van der Waals surface area contributed by atoms with Gasteiger partial charge in [-0.3, -0.25) is 14.9 Å². The van der Waals surface area contributed by atoms with Gasteiger partial charge in [-0.25, -0.2) is 0 Å². The Kier molecular flexibility index (Phi) is 4.97. The van der Waals surface area contributed by atoms with Gasteiger partial charge in [0.05, 0.1) is 4.92 Å². The van der Waals surface area contributed by atoms with Crippen molar-refractivity contribution in [2.24, 2.45) is 0 Å². The van der Waals surface area contributed by atoms with Crippen LogP contribution in [0.25, 0.3) is 0 Å². The van der Waals surface area contributed by atoms with E-state index in [1.54, 1.807) is 36.4 Å². The molecule has 8 nitrogen and oxygen atoms in total. The van der Waals surface area contributed by atoms with Gasteiger partial charge in [-0.1, -0.05) is 35.5 Å². The number of piperidine rings is 1. The van der Waals surface area contributed by atoms with E-state index in [-0.39, 0.29) is 17.4 Å². The summed E-state index contributed by atoms with van der Waals surface area (Å²) in [4.78, 5) is 30.6. The van der Waals surface area contributed by atoms with Gasteiger partial charge in [-0.15, -0.1) is 0 Å². The quantitative estimate of drug-likeness (QED) is 0.330. The van der Waals surface area contributed by atoms with E-state index in [0.717, 1.165) is 37.4 Å². The molecule has 1 aliphatic heterocycles. The third-order valence-corrected chi connectivity index (χ3v) is 6.06. The SMILES string of the molecule is O=C(c1ccccc1)c1ccc(N2CCC(c3noc(C4CC4)n3)CC2)c([N+](=O)[O-])c1. The molecule has 5 rings (SSSR count). The minimum atomic E-state index is -0.412. The predicted octanol–water partition coefficient (Wildman–Crippen LogP) is 4.47. The summed E-state index contributed by atoms with van der Waals surface area (Å²) in [6.45, 7) is 1.32. The zero-order valence-electron chi connectivity index (χ0n) is 16.9. The summed E-state index contributed by atoms with van der Waals surface area (Å²) in [5, 5.41) is 15.9. The summed E-state index contributed by atoms with van der Waals surface area (Å²) in [6.07, 6.45) is 3.83. The Morgan fingerprint density at radius 1 is 1.00 bits per heavy atom. The van der Waals surface area contributed by atoms with Crippen molar-refractivity contribution in [1.82, 2.24) is 10.1 Å². The topological polar surface area (TPSA) is 102 Å². The molecule has 0 bridgehead atoms. The highest BCUT2D eigenvalue weighted by Crippen LogP contribution is 2.40. The summed E-state index contributed by atoms with van der Waals surface area (Å²) in [5.74, 6) is 1.90. The Morgan fingerprint density at radius 2 is 1.74 bits per heavy atom. The molecule has 2 heterocycles. The van der Waals surface area contributed by atoms with E-state index in [1.807, 2.05) is 11.0 Å². The Labute approximate surface area is 179 Å². The second kappa shape index (κ2) is 7.94. The zero-order valence-corrected chi connectivity index (χ0v) is 16.9. The second-order valence-corrected chi connectivity index (χ2v) is 8.18. The highest BCUT2D eigenvalue weighted by atomic mass is 16.6. The number of hydrogen-bond donors (Lipinski definition) is 0. The molecule has 1 aromatic heterocycles. The molecule has 0 spiro atoms. The molecule has 0 atom stereocenters. The number of aromatic nitrogens is 2. The number of nitro benzene ring substituents is 1. The molecule has 158 valence electrons. The van der Waals surface area contributed by atoms with Crippen molar-refractivity contribution in [2.75, 3.05) is 18.0 Å². The summed E-state index contributed by atoms with van der Waals surface area (Å²) < 4.78 is 5.38. The third-order valence-electron chi connectivity index (χ3n) is 6.06. The maximum absolute atomic E-state index is 12.7. The van der Waals surface area contributed by atoms with Crippen LogP contribution in [0.4, 0.5) is 11.4 Å². The summed E-state index contributed by atoms with van der Waals surface area (Å²) in [5.41, 5.74) is 1.32. The molecule has 0 amide bonds. The monoisotopic (exact) mass is 418 g/mol. The average Bonchev–Trinajstić information content (AvgIpc) is 3.55. The summed E-state index contributed by atoms with van der Waals surface area (Å²) >= 11 is 0. The van der Waals surface area contributed by atoms with Crippen molar-refractivity contribution in [3.05, 3.63) is 81.5 Å². The fraction of sp³-hybridized carbons (Fsp3) is 0.348. The first-order valence-electron chi connectivity index (χ1n) is 10.6. The number of nitrogens with zero attached hydrogens (tertiary/aromatic N) is 4. The molecule has 0 radical (unpaired) electrons. The van der Waals surface area contributed by atoms with Gasteiger partial charge in [-0.05, 0) is 37.8 Å². The van der Waals surface area contributed by atoms with Crippen LogP contribution in [0.15, 0.2) is 53.1 Å². The molecule has 2 aromatic carbocycles. The lowest BCUT2D eigenvalue weighted by atomic mass is 9.95. The molecule has 31 heavy (non-hydrogen) atoms. The van der Waals surface area contributed by atoms with Crippen LogP contribution < -0.4 is 4.90 Å². The van der Waals surface area contributed by atoms with Crippen molar-refractivity contribution < 1.29 is 14.2 Å². The van der Waals surface area contributed by atoms with Crippen LogP contribution >= 0.6 is 0 Å². The number of carbonyl (C=O) groups excluding carboxylic acids is 1.